The maximum absolute atomic E-state index is 6.12. The summed E-state index contributed by atoms with van der Waals surface area (Å²) in [6.45, 7) is 0. The van der Waals surface area contributed by atoms with Gasteiger partial charge in [0.05, 0.1) is 88.4 Å². The number of rotatable bonds is 20. The predicted molar refractivity (Wildman–Crippen MR) is 416 cm³/mol. The van der Waals surface area contributed by atoms with Crippen molar-refractivity contribution in [2.45, 2.75) is 22.7 Å². The van der Waals surface area contributed by atoms with Crippen molar-refractivity contribution < 1.29 is 28.4 Å². The third kappa shape index (κ3) is 11.8. The van der Waals surface area contributed by atoms with Gasteiger partial charge in [-0.05, 0) is 60.7 Å². The lowest BCUT2D eigenvalue weighted by atomic mass is 9.81. The van der Waals surface area contributed by atoms with Gasteiger partial charge in [-0.3, -0.25) is 0 Å². The van der Waals surface area contributed by atoms with E-state index in [4.69, 9.17) is 68.4 Å². The van der Waals surface area contributed by atoms with Gasteiger partial charge < -0.3 is 28.4 Å². The van der Waals surface area contributed by atoms with Gasteiger partial charge in [0.25, 0.3) is 0 Å². The first-order valence-corrected chi connectivity index (χ1v) is 34.2. The van der Waals surface area contributed by atoms with Crippen LogP contribution >= 0.6 is 0 Å². The lowest BCUT2D eigenvalue weighted by Crippen LogP contribution is -2.43. The number of aliphatic imine (C=N–C) groups is 8. The van der Waals surface area contributed by atoms with Crippen molar-refractivity contribution >= 4 is 45.7 Å². The van der Waals surface area contributed by atoms with Gasteiger partial charge in [0, 0.05) is 66.8 Å². The molecule has 4 heterocycles. The first kappa shape index (κ1) is 66.7. The zero-order chi connectivity index (χ0) is 71.1. The zero-order valence-electron chi connectivity index (χ0n) is 58.2. The molecule has 0 bridgehead atoms. The molecule has 0 N–H and O–H groups in total. The topological polar surface area (TPSA) is 154 Å². The van der Waals surface area contributed by atoms with Crippen molar-refractivity contribution in [1.29, 1.82) is 0 Å². The van der Waals surface area contributed by atoms with Crippen LogP contribution in [0.15, 0.2) is 368 Å². The van der Waals surface area contributed by atoms with E-state index in [1.807, 2.05) is 279 Å². The molecule has 12 aromatic rings. The van der Waals surface area contributed by atoms with E-state index in [9.17, 15) is 0 Å². The third-order valence-electron chi connectivity index (χ3n) is 19.0. The van der Waals surface area contributed by atoms with Gasteiger partial charge >= 0.3 is 0 Å². The van der Waals surface area contributed by atoms with Crippen molar-refractivity contribution in [3.8, 4) is 34.5 Å². The molecule has 2 atom stereocenters. The van der Waals surface area contributed by atoms with Crippen molar-refractivity contribution in [3.05, 3.63) is 394 Å². The molecule has 0 amide bonds. The highest BCUT2D eigenvalue weighted by Crippen LogP contribution is 2.59. The molecule has 12 aromatic carbocycles. The molecule has 0 aromatic heterocycles. The summed E-state index contributed by atoms with van der Waals surface area (Å²) in [4.78, 5) is 46.1. The van der Waals surface area contributed by atoms with Gasteiger partial charge in [-0.15, -0.1) is 0 Å². The number of nitrogens with zero attached hydrogens (tertiary/aromatic N) is 8. The first-order valence-electron chi connectivity index (χ1n) is 34.2. The Kier molecular flexibility index (Phi) is 18.5. The lowest BCUT2D eigenvalue weighted by Gasteiger charge is -2.39. The highest BCUT2D eigenvalue weighted by Gasteiger charge is 2.63. The summed E-state index contributed by atoms with van der Waals surface area (Å²) in [5.41, 5.74) is 9.72. The van der Waals surface area contributed by atoms with Crippen LogP contribution < -0.4 is 28.4 Å². The summed E-state index contributed by atoms with van der Waals surface area (Å²) in [5.74, 6) is 3.98. The SMILES string of the molecule is COc1ccc(C2(C3(c4ccc(OC)cc4)N=C(c4ccccc4)C(c4ccccc4OC)=N3)N=C(c3ccccc3)C(c3ccccc3OC)=N2)cc1.COc1ccccc1C1(C2(c3ccccc3OC)N=C(c3ccccc3)C(c3ccccc3)=N2)N=C(c2ccccc2)C(c2ccccc2)=N1. The van der Waals surface area contributed by atoms with Crippen LogP contribution in [0.4, 0.5) is 0 Å². The number of para-hydroxylation sites is 4. The molecule has 14 heteroatoms. The highest BCUT2D eigenvalue weighted by atomic mass is 16.5. The second kappa shape index (κ2) is 28.8. The Morgan fingerprint density at radius 2 is 0.394 bits per heavy atom. The van der Waals surface area contributed by atoms with Gasteiger partial charge in [0.15, 0.2) is 0 Å². The van der Waals surface area contributed by atoms with Crippen LogP contribution in [-0.2, 0) is 22.7 Å². The van der Waals surface area contributed by atoms with Crippen LogP contribution in [0, 0.1) is 0 Å². The summed E-state index contributed by atoms with van der Waals surface area (Å²) in [5, 5.41) is 0. The van der Waals surface area contributed by atoms with Gasteiger partial charge in [0.2, 0.25) is 22.7 Å². The normalized spacial score (nSPS) is 17.4. The standard InChI is InChI=1S/C46H38N4O4.C44H34N4O2/c1-51-35-27-23-33(24-28-35)45(47-41(31-15-7-5-8-16-31)43(49-45)37-19-11-13-21-39(37)53-3)46(34-25-29-36(52-2)30-26-34)48-42(32-17-9-6-10-18-32)44(50-46)38-20-12-14-22-40(38)54-4;1-49-37-29-17-15-27-35(37)43(45-39(31-19-7-3-8-20-31)40(46-43)32-21-9-4-10-22-32)44(36-28-16-18-30-38(36)50-2)47-41(33-23-11-5-12-24-33)42(48-44)34-25-13-6-14-26-34/h5-30H,1-4H3;3-30H,1-2H3. The van der Waals surface area contributed by atoms with Crippen LogP contribution in [0.2, 0.25) is 0 Å². The van der Waals surface area contributed by atoms with Crippen molar-refractivity contribution in [2.24, 2.45) is 39.9 Å². The summed E-state index contributed by atoms with van der Waals surface area (Å²) in [7, 11) is 9.99. The molecular weight excluding hydrogens is 1290 g/mol. The fourth-order valence-corrected chi connectivity index (χ4v) is 14.1. The summed E-state index contributed by atoms with van der Waals surface area (Å²) in [6.07, 6.45) is 0. The number of benzene rings is 12. The van der Waals surface area contributed by atoms with E-state index >= 15 is 0 Å². The minimum atomic E-state index is -1.49. The van der Waals surface area contributed by atoms with Crippen LogP contribution in [-0.4, -0.2) is 88.4 Å². The average molecular weight is 1360 g/mol. The smallest absolute Gasteiger partial charge is 0.230 e. The summed E-state index contributed by atoms with van der Waals surface area (Å²) in [6, 6.07) is 108. The Labute approximate surface area is 604 Å². The summed E-state index contributed by atoms with van der Waals surface area (Å²) < 4.78 is 35.4. The maximum Gasteiger partial charge on any atom is 0.230 e. The van der Waals surface area contributed by atoms with Crippen LogP contribution in [0.1, 0.15) is 66.8 Å². The molecule has 0 saturated heterocycles. The van der Waals surface area contributed by atoms with E-state index in [1.54, 1.807) is 42.7 Å². The Balaban J connectivity index is 0.000000168. The van der Waals surface area contributed by atoms with Crippen molar-refractivity contribution in [3.63, 3.8) is 0 Å². The van der Waals surface area contributed by atoms with E-state index in [0.717, 1.165) is 89.6 Å². The lowest BCUT2D eigenvalue weighted by molar-refractivity contribution is 0.240. The molecule has 0 saturated carbocycles. The first-order chi connectivity index (χ1) is 51.2. The largest absolute Gasteiger partial charge is 0.497 e. The van der Waals surface area contributed by atoms with Gasteiger partial charge in [0.1, 0.15) is 34.5 Å². The quantitative estimate of drug-likeness (QED) is 0.0740. The van der Waals surface area contributed by atoms with Gasteiger partial charge in [-0.2, -0.15) is 0 Å². The molecule has 0 aliphatic carbocycles. The van der Waals surface area contributed by atoms with E-state index in [1.165, 1.54) is 0 Å². The Morgan fingerprint density at radius 3 is 0.654 bits per heavy atom. The molecule has 4 aliphatic rings. The van der Waals surface area contributed by atoms with Crippen LogP contribution in [0.5, 0.6) is 34.5 Å². The van der Waals surface area contributed by atoms with E-state index in [2.05, 4.69) is 48.5 Å². The molecule has 4 aliphatic heterocycles. The molecule has 104 heavy (non-hydrogen) atoms. The maximum atomic E-state index is 6.12. The predicted octanol–water partition coefficient (Wildman–Crippen LogP) is 17.4. The van der Waals surface area contributed by atoms with Gasteiger partial charge in [-0.1, -0.05) is 267 Å². The second-order valence-electron chi connectivity index (χ2n) is 24.8. The average Bonchev–Trinajstić information content (AvgIpc) is 1.52. The highest BCUT2D eigenvalue weighted by molar-refractivity contribution is 6.57. The molecule has 2 unspecified atom stereocenters. The number of hydrogen-bond donors (Lipinski definition) is 0. The molecular formula is C90H72N8O6. The van der Waals surface area contributed by atoms with E-state index in [-0.39, 0.29) is 0 Å². The Hall–Kier alpha value is -13.2. The number of hydrogen-bond acceptors (Lipinski definition) is 14. The minimum Gasteiger partial charge on any atom is -0.497 e. The molecule has 508 valence electrons. The number of methoxy groups -OCH3 is 6. The van der Waals surface area contributed by atoms with Crippen LogP contribution in [0.3, 0.4) is 0 Å². The summed E-state index contributed by atoms with van der Waals surface area (Å²) >= 11 is 0. The minimum absolute atomic E-state index is 0.621. The third-order valence-corrected chi connectivity index (χ3v) is 19.0. The zero-order valence-corrected chi connectivity index (χ0v) is 58.2. The van der Waals surface area contributed by atoms with Crippen molar-refractivity contribution in [1.82, 2.24) is 0 Å². The molecule has 16 rings (SSSR count). The van der Waals surface area contributed by atoms with Crippen LogP contribution in [0.25, 0.3) is 0 Å². The molecule has 14 nitrogen and oxygen atoms in total. The number of ether oxygens (including phenoxy) is 6. The molecule has 0 spiro atoms. The monoisotopic (exact) mass is 1360 g/mol. The van der Waals surface area contributed by atoms with E-state index < -0.39 is 22.7 Å². The Bertz CT molecular complexity index is 4930. The fraction of sp³-hybridized carbons (Fsp3) is 0.111. The molecule has 0 radical (unpaired) electrons. The van der Waals surface area contributed by atoms with E-state index in [0.29, 0.717) is 57.3 Å². The fourth-order valence-electron chi connectivity index (χ4n) is 14.1. The Morgan fingerprint density at radius 1 is 0.183 bits per heavy atom. The molecule has 0 fully saturated rings. The van der Waals surface area contributed by atoms with Gasteiger partial charge in [-0.25, -0.2) is 39.9 Å². The second-order valence-corrected chi connectivity index (χ2v) is 24.8. The van der Waals surface area contributed by atoms with Crippen molar-refractivity contribution in [2.75, 3.05) is 42.7 Å².